The van der Waals surface area contributed by atoms with E-state index in [1.165, 1.54) is 0 Å². The molecule has 2 N–H and O–H groups in total. The summed E-state index contributed by atoms with van der Waals surface area (Å²) in [5, 5.41) is 22.0. The minimum atomic E-state index is -0.470. The van der Waals surface area contributed by atoms with E-state index in [-0.39, 0.29) is 18.0 Å². The average molecular weight is 322 g/mol. The average Bonchev–Trinajstić information content (AvgIpc) is 2.84. The molecule has 0 radical (unpaired) electrons. The van der Waals surface area contributed by atoms with Crippen LogP contribution in [0.25, 0.3) is 5.65 Å². The molecule has 7 nitrogen and oxygen atoms in total. The van der Waals surface area contributed by atoms with E-state index in [9.17, 15) is 9.90 Å². The molecule has 3 heterocycles. The van der Waals surface area contributed by atoms with Crippen molar-refractivity contribution in [3.8, 4) is 11.9 Å². The number of aromatic hydroxyl groups is 1. The first-order valence-electron chi connectivity index (χ1n) is 7.44. The Morgan fingerprint density at radius 2 is 2.29 bits per heavy atom. The Labute approximate surface area is 138 Å². The number of rotatable bonds is 4. The maximum atomic E-state index is 12.6. The summed E-state index contributed by atoms with van der Waals surface area (Å²) in [6, 6.07) is 11.0. The summed E-state index contributed by atoms with van der Waals surface area (Å²) in [6.45, 7) is 2.20. The number of hydrogen-bond acceptors (Lipinski definition) is 4. The van der Waals surface area contributed by atoms with Gasteiger partial charge in [0.2, 0.25) is 0 Å². The van der Waals surface area contributed by atoms with Crippen molar-refractivity contribution < 1.29 is 14.3 Å². The zero-order chi connectivity index (χ0) is 17.1. The van der Waals surface area contributed by atoms with Crippen molar-refractivity contribution in [2.24, 2.45) is 0 Å². The molecule has 0 aromatic carbocycles. The van der Waals surface area contributed by atoms with Gasteiger partial charge in [-0.3, -0.25) is 4.79 Å². The fourth-order valence-electron chi connectivity index (χ4n) is 2.56. The van der Waals surface area contributed by atoms with E-state index in [1.54, 1.807) is 45.6 Å². The van der Waals surface area contributed by atoms with E-state index in [0.717, 1.165) is 5.56 Å². The van der Waals surface area contributed by atoms with Crippen LogP contribution in [0.2, 0.25) is 0 Å². The van der Waals surface area contributed by atoms with E-state index in [2.05, 4.69) is 10.3 Å². The molecule has 1 amide bonds. The number of aryl methyl sites for hydroxylation is 2. The smallest absolute Gasteiger partial charge is 0.337 e. The maximum Gasteiger partial charge on any atom is 0.337 e. The molecule has 3 aromatic heterocycles. The number of nitriles is 1. The predicted octanol–water partition coefficient (Wildman–Crippen LogP) is 1.80. The highest BCUT2D eigenvalue weighted by atomic mass is 16.3. The second kappa shape index (κ2) is 6.38. The van der Waals surface area contributed by atoms with Gasteiger partial charge in [0.1, 0.15) is 12.4 Å². The molecule has 0 unspecified atom stereocenters. The van der Waals surface area contributed by atoms with Crippen LogP contribution in [0, 0.1) is 18.3 Å². The van der Waals surface area contributed by atoms with Gasteiger partial charge in [0.05, 0.1) is 18.7 Å². The van der Waals surface area contributed by atoms with Crippen molar-refractivity contribution in [1.82, 2.24) is 9.55 Å². The standard InChI is InChI=1S/C17H15N5O2/c1-12-6-8-19-13(11-12)20-16(23)15-17(24)22(10-4-7-18)14-5-2-3-9-21(14)15/h2-3,5-6,8-9,11H,4,10H2,1H3,(H-,19,20,23,24)/p+1. The van der Waals surface area contributed by atoms with Gasteiger partial charge in [-0.2, -0.15) is 14.2 Å². The molecule has 0 aliphatic rings. The second-order valence-electron chi connectivity index (χ2n) is 5.33. The molecule has 0 spiro atoms. The third kappa shape index (κ3) is 2.77. The van der Waals surface area contributed by atoms with Crippen LogP contribution in [0.4, 0.5) is 5.82 Å². The zero-order valence-corrected chi connectivity index (χ0v) is 13.1. The first-order chi connectivity index (χ1) is 11.6. The number of nitrogens with zero attached hydrogens (tertiary/aromatic N) is 4. The largest absolute Gasteiger partial charge is 0.475 e. The van der Waals surface area contributed by atoms with Gasteiger partial charge in [-0.1, -0.05) is 6.07 Å². The summed E-state index contributed by atoms with van der Waals surface area (Å²) >= 11 is 0. The maximum absolute atomic E-state index is 12.6. The number of fused-ring (bicyclic) bond motifs is 1. The van der Waals surface area contributed by atoms with Crippen LogP contribution in [0.15, 0.2) is 42.7 Å². The lowest BCUT2D eigenvalue weighted by Crippen LogP contribution is -2.30. The van der Waals surface area contributed by atoms with Crippen molar-refractivity contribution >= 4 is 17.4 Å². The number of imidazole rings is 1. The number of aromatic nitrogens is 3. The van der Waals surface area contributed by atoms with Gasteiger partial charge >= 0.3 is 11.8 Å². The number of carbonyl (C=O) groups is 1. The SMILES string of the molecule is Cc1ccnc(NC(=O)c2c(O)n(CCC#N)c3cccc[n+]23)c1. The number of hydrogen-bond donors (Lipinski definition) is 2. The molecule has 7 heteroatoms. The fourth-order valence-corrected chi connectivity index (χ4v) is 2.56. The normalized spacial score (nSPS) is 10.5. The summed E-state index contributed by atoms with van der Waals surface area (Å²) in [6.07, 6.45) is 3.53. The van der Waals surface area contributed by atoms with Crippen molar-refractivity contribution in [3.63, 3.8) is 0 Å². The van der Waals surface area contributed by atoms with Gasteiger partial charge in [-0.25, -0.2) is 4.98 Å². The molecule has 0 fully saturated rings. The third-order valence-electron chi connectivity index (χ3n) is 3.64. The Morgan fingerprint density at radius 1 is 1.46 bits per heavy atom. The van der Waals surface area contributed by atoms with Gasteiger partial charge in [0.15, 0.2) is 0 Å². The van der Waals surface area contributed by atoms with Crippen molar-refractivity contribution in [2.45, 2.75) is 19.9 Å². The van der Waals surface area contributed by atoms with Gasteiger partial charge < -0.3 is 10.4 Å². The third-order valence-corrected chi connectivity index (χ3v) is 3.64. The van der Waals surface area contributed by atoms with Gasteiger partial charge in [-0.05, 0) is 30.7 Å². The van der Waals surface area contributed by atoms with Gasteiger partial charge in [-0.15, -0.1) is 0 Å². The number of pyridine rings is 2. The number of carbonyl (C=O) groups excluding carboxylic acids is 1. The van der Waals surface area contributed by atoms with Gasteiger partial charge in [0.25, 0.3) is 11.3 Å². The zero-order valence-electron chi connectivity index (χ0n) is 13.1. The first-order valence-corrected chi connectivity index (χ1v) is 7.44. The summed E-state index contributed by atoms with van der Waals surface area (Å²) in [5.41, 5.74) is 1.70. The molecular formula is C17H16N5O2+. The lowest BCUT2D eigenvalue weighted by Gasteiger charge is -2.02. The lowest BCUT2D eigenvalue weighted by atomic mass is 10.3. The summed E-state index contributed by atoms with van der Waals surface area (Å²) in [5.74, 6) is -0.238. The van der Waals surface area contributed by atoms with Crippen LogP contribution >= 0.6 is 0 Å². The monoisotopic (exact) mass is 322 g/mol. The molecule has 0 saturated heterocycles. The topological polar surface area (TPSA) is 95.0 Å². The summed E-state index contributed by atoms with van der Waals surface area (Å²) < 4.78 is 3.14. The molecule has 3 rings (SSSR count). The molecule has 0 atom stereocenters. The van der Waals surface area contributed by atoms with Crippen molar-refractivity contribution in [2.75, 3.05) is 5.32 Å². The number of anilines is 1. The Morgan fingerprint density at radius 3 is 3.04 bits per heavy atom. The summed E-state index contributed by atoms with van der Waals surface area (Å²) in [7, 11) is 0. The fraction of sp³-hybridized carbons (Fsp3) is 0.176. The second-order valence-corrected chi connectivity index (χ2v) is 5.33. The molecule has 120 valence electrons. The van der Waals surface area contributed by atoms with Crippen LogP contribution in [0.1, 0.15) is 22.5 Å². The first kappa shape index (κ1) is 15.5. The highest BCUT2D eigenvalue weighted by Gasteiger charge is 2.30. The highest BCUT2D eigenvalue weighted by Crippen LogP contribution is 2.20. The molecule has 0 saturated carbocycles. The van der Waals surface area contributed by atoms with E-state index in [0.29, 0.717) is 18.0 Å². The quantitative estimate of drug-likeness (QED) is 0.716. The van der Waals surface area contributed by atoms with E-state index in [1.807, 2.05) is 19.1 Å². The molecule has 0 aliphatic heterocycles. The van der Waals surface area contributed by atoms with E-state index in [4.69, 9.17) is 5.26 Å². The molecular weight excluding hydrogens is 306 g/mol. The minimum absolute atomic E-state index is 0.104. The predicted molar refractivity (Wildman–Crippen MR) is 86.4 cm³/mol. The van der Waals surface area contributed by atoms with Crippen LogP contribution in [-0.2, 0) is 6.54 Å². The van der Waals surface area contributed by atoms with Crippen molar-refractivity contribution in [3.05, 3.63) is 54.0 Å². The van der Waals surface area contributed by atoms with Crippen LogP contribution in [-0.4, -0.2) is 20.6 Å². The highest BCUT2D eigenvalue weighted by molar-refractivity contribution is 6.03. The molecule has 0 bridgehead atoms. The Bertz CT molecular complexity index is 955. The Kier molecular flexibility index (Phi) is 4.12. The Hall–Kier alpha value is -3.40. The number of nitrogens with one attached hydrogen (secondary N) is 1. The number of amides is 1. The van der Waals surface area contributed by atoms with E-state index < -0.39 is 5.91 Å². The van der Waals surface area contributed by atoms with Crippen LogP contribution in [0.3, 0.4) is 0 Å². The summed E-state index contributed by atoms with van der Waals surface area (Å²) in [4.78, 5) is 16.7. The van der Waals surface area contributed by atoms with E-state index >= 15 is 0 Å². The minimum Gasteiger partial charge on any atom is -0.475 e. The lowest BCUT2D eigenvalue weighted by molar-refractivity contribution is -0.513. The van der Waals surface area contributed by atoms with Gasteiger partial charge in [0, 0.05) is 12.3 Å². The van der Waals surface area contributed by atoms with Crippen LogP contribution in [0.5, 0.6) is 5.88 Å². The van der Waals surface area contributed by atoms with Crippen LogP contribution < -0.4 is 9.72 Å². The Balaban J connectivity index is 2.04. The molecule has 0 aliphatic carbocycles. The van der Waals surface area contributed by atoms with Crippen molar-refractivity contribution in [1.29, 1.82) is 5.26 Å². The molecule has 24 heavy (non-hydrogen) atoms. The molecule has 3 aromatic rings.